The van der Waals surface area contributed by atoms with Gasteiger partial charge in [-0.05, 0) is 35.2 Å². The lowest BCUT2D eigenvalue weighted by atomic mass is 9.98. The van der Waals surface area contributed by atoms with Crippen molar-refractivity contribution in [1.29, 1.82) is 0 Å². The maximum Gasteiger partial charge on any atom is 0.308 e. The van der Waals surface area contributed by atoms with Crippen molar-refractivity contribution in [1.82, 2.24) is 0 Å². The van der Waals surface area contributed by atoms with Crippen LogP contribution in [-0.2, 0) is 4.79 Å². The maximum atomic E-state index is 13.1. The van der Waals surface area contributed by atoms with Crippen LogP contribution in [0.5, 0.6) is 5.75 Å². The monoisotopic (exact) mass is 340 g/mol. The van der Waals surface area contributed by atoms with Gasteiger partial charge in [0.25, 0.3) is 0 Å². The molecular weight excluding hydrogens is 323 g/mol. The lowest BCUT2D eigenvalue weighted by Crippen LogP contribution is -2.09. The van der Waals surface area contributed by atoms with Crippen LogP contribution in [0.4, 0.5) is 4.39 Å². The second-order valence-electron chi connectivity index (χ2n) is 6.12. The van der Waals surface area contributed by atoms with Gasteiger partial charge in [0.2, 0.25) is 5.43 Å². The summed E-state index contributed by atoms with van der Waals surface area (Å²) < 4.78 is 23.9. The molecule has 3 rings (SSSR count). The van der Waals surface area contributed by atoms with Crippen LogP contribution in [0, 0.1) is 5.82 Å². The Morgan fingerprint density at radius 3 is 2.44 bits per heavy atom. The largest absolute Gasteiger partial charge is 0.463 e. The zero-order valence-corrected chi connectivity index (χ0v) is 14.1. The molecule has 0 aliphatic carbocycles. The van der Waals surface area contributed by atoms with Crippen LogP contribution in [0.3, 0.4) is 0 Å². The number of benzene rings is 2. The molecule has 0 saturated carbocycles. The topological polar surface area (TPSA) is 56.5 Å². The fourth-order valence-electron chi connectivity index (χ4n) is 2.70. The Morgan fingerprint density at radius 1 is 1.16 bits per heavy atom. The van der Waals surface area contributed by atoms with Crippen LogP contribution >= 0.6 is 0 Å². The fourth-order valence-corrected chi connectivity index (χ4v) is 2.70. The molecule has 128 valence electrons. The van der Waals surface area contributed by atoms with Crippen molar-refractivity contribution < 1.29 is 18.3 Å². The summed E-state index contributed by atoms with van der Waals surface area (Å²) in [5, 5.41) is 0.390. The van der Waals surface area contributed by atoms with Gasteiger partial charge in [-0.15, -0.1) is 0 Å². The maximum absolute atomic E-state index is 13.1. The van der Waals surface area contributed by atoms with Gasteiger partial charge in [-0.2, -0.15) is 0 Å². The second-order valence-corrected chi connectivity index (χ2v) is 6.12. The molecule has 0 aliphatic heterocycles. The summed E-state index contributed by atoms with van der Waals surface area (Å²) in [6.45, 7) is 5.21. The Morgan fingerprint density at radius 2 is 1.84 bits per heavy atom. The molecule has 0 atom stereocenters. The number of halogens is 1. The minimum Gasteiger partial charge on any atom is -0.463 e. The minimum atomic E-state index is -0.438. The van der Waals surface area contributed by atoms with Gasteiger partial charge in [0.05, 0.1) is 10.9 Å². The number of ether oxygens (including phenoxy) is 1. The summed E-state index contributed by atoms with van der Waals surface area (Å²) in [5.74, 6) is -0.381. The van der Waals surface area contributed by atoms with E-state index in [1.165, 1.54) is 37.5 Å². The standard InChI is InChI=1S/C20H17FO4/c1-11(2)15-8-16-18(9-19(15)25-12(3)22)24-10-17(20(16)23)13-4-6-14(21)7-5-13/h4-11H,1-3H3. The van der Waals surface area contributed by atoms with E-state index in [1.54, 1.807) is 12.1 Å². The second kappa shape index (κ2) is 6.51. The van der Waals surface area contributed by atoms with Crippen molar-refractivity contribution in [3.63, 3.8) is 0 Å². The highest BCUT2D eigenvalue weighted by Gasteiger charge is 2.16. The fraction of sp³-hybridized carbons (Fsp3) is 0.200. The third kappa shape index (κ3) is 3.31. The number of fused-ring (bicyclic) bond motifs is 1. The normalized spacial score (nSPS) is 11.1. The summed E-state index contributed by atoms with van der Waals surface area (Å²) in [7, 11) is 0. The van der Waals surface area contributed by atoms with Crippen LogP contribution < -0.4 is 10.2 Å². The van der Waals surface area contributed by atoms with E-state index in [1.807, 2.05) is 13.8 Å². The number of hydrogen-bond donors (Lipinski definition) is 0. The molecule has 0 unspecified atom stereocenters. The predicted molar refractivity (Wildman–Crippen MR) is 93.3 cm³/mol. The van der Waals surface area contributed by atoms with Gasteiger partial charge >= 0.3 is 5.97 Å². The number of hydrogen-bond acceptors (Lipinski definition) is 4. The molecule has 0 aliphatic rings. The van der Waals surface area contributed by atoms with Crippen molar-refractivity contribution in [2.75, 3.05) is 0 Å². The first-order chi connectivity index (χ1) is 11.9. The van der Waals surface area contributed by atoms with Crippen LogP contribution in [0.15, 0.2) is 51.9 Å². The molecule has 3 aromatic rings. The average Bonchev–Trinajstić information content (AvgIpc) is 2.55. The highest BCUT2D eigenvalue weighted by molar-refractivity contribution is 5.84. The number of carbonyl (C=O) groups excluding carboxylic acids is 1. The van der Waals surface area contributed by atoms with Crippen molar-refractivity contribution in [2.45, 2.75) is 26.7 Å². The first-order valence-electron chi connectivity index (χ1n) is 7.90. The van der Waals surface area contributed by atoms with E-state index in [0.717, 1.165) is 5.56 Å². The van der Waals surface area contributed by atoms with E-state index in [2.05, 4.69) is 0 Å². The minimum absolute atomic E-state index is 0.0487. The van der Waals surface area contributed by atoms with Crippen LogP contribution in [0.2, 0.25) is 0 Å². The van der Waals surface area contributed by atoms with Crippen LogP contribution in [0.25, 0.3) is 22.1 Å². The molecule has 1 heterocycles. The predicted octanol–water partition coefficient (Wildman–Crippen LogP) is 4.65. The SMILES string of the molecule is CC(=O)Oc1cc2occ(-c3ccc(F)cc3)c(=O)c2cc1C(C)C. The van der Waals surface area contributed by atoms with E-state index in [4.69, 9.17) is 9.15 Å². The summed E-state index contributed by atoms with van der Waals surface area (Å²) in [4.78, 5) is 24.2. The Labute approximate surface area is 143 Å². The van der Waals surface area contributed by atoms with E-state index in [0.29, 0.717) is 27.8 Å². The summed E-state index contributed by atoms with van der Waals surface area (Å²) in [6, 6.07) is 8.90. The first-order valence-corrected chi connectivity index (χ1v) is 7.90. The van der Waals surface area contributed by atoms with E-state index >= 15 is 0 Å². The Kier molecular flexibility index (Phi) is 4.40. The molecule has 4 nitrogen and oxygen atoms in total. The molecule has 0 saturated heterocycles. The Bertz CT molecular complexity index is 1000. The highest BCUT2D eigenvalue weighted by atomic mass is 19.1. The number of esters is 1. The molecule has 0 N–H and O–H groups in total. The van der Waals surface area contributed by atoms with Crippen molar-refractivity contribution in [3.8, 4) is 16.9 Å². The molecule has 0 bridgehead atoms. The molecule has 25 heavy (non-hydrogen) atoms. The lowest BCUT2D eigenvalue weighted by Gasteiger charge is -2.13. The number of carbonyl (C=O) groups is 1. The molecule has 5 heteroatoms. The molecule has 1 aromatic heterocycles. The van der Waals surface area contributed by atoms with Crippen LogP contribution in [-0.4, -0.2) is 5.97 Å². The van der Waals surface area contributed by atoms with Gasteiger partial charge in [-0.1, -0.05) is 26.0 Å². The lowest BCUT2D eigenvalue weighted by molar-refractivity contribution is -0.131. The van der Waals surface area contributed by atoms with Crippen molar-refractivity contribution >= 4 is 16.9 Å². The molecule has 0 spiro atoms. The van der Waals surface area contributed by atoms with Gasteiger partial charge in [-0.25, -0.2) is 4.39 Å². The molecule has 0 radical (unpaired) electrons. The molecule has 0 amide bonds. The first kappa shape index (κ1) is 16.9. The van der Waals surface area contributed by atoms with Gasteiger partial charge in [0.1, 0.15) is 23.4 Å². The Balaban J connectivity index is 2.23. The third-order valence-corrected chi connectivity index (χ3v) is 3.94. The zero-order chi connectivity index (χ0) is 18.1. The van der Waals surface area contributed by atoms with Gasteiger partial charge in [0, 0.05) is 13.0 Å². The smallest absolute Gasteiger partial charge is 0.308 e. The van der Waals surface area contributed by atoms with E-state index in [9.17, 15) is 14.0 Å². The summed E-state index contributed by atoms with van der Waals surface area (Å²) in [5.41, 5.74) is 1.78. The van der Waals surface area contributed by atoms with E-state index in [-0.39, 0.29) is 17.2 Å². The molecular formula is C20H17FO4. The van der Waals surface area contributed by atoms with Crippen molar-refractivity contribution in [3.05, 3.63) is 64.3 Å². The van der Waals surface area contributed by atoms with E-state index < -0.39 is 5.97 Å². The Hall–Kier alpha value is -2.95. The van der Waals surface area contributed by atoms with Crippen LogP contribution in [0.1, 0.15) is 32.3 Å². The third-order valence-electron chi connectivity index (χ3n) is 3.94. The zero-order valence-electron chi connectivity index (χ0n) is 14.1. The van der Waals surface area contributed by atoms with Crippen molar-refractivity contribution in [2.24, 2.45) is 0 Å². The summed E-state index contributed by atoms with van der Waals surface area (Å²) in [6.07, 6.45) is 1.34. The molecule has 2 aromatic carbocycles. The molecule has 0 fully saturated rings. The van der Waals surface area contributed by atoms with Gasteiger partial charge in [-0.3, -0.25) is 9.59 Å². The summed E-state index contributed by atoms with van der Waals surface area (Å²) >= 11 is 0. The highest BCUT2D eigenvalue weighted by Crippen LogP contribution is 2.31. The average molecular weight is 340 g/mol. The quantitative estimate of drug-likeness (QED) is 0.514. The number of rotatable bonds is 3. The van der Waals surface area contributed by atoms with Gasteiger partial charge < -0.3 is 9.15 Å². The van der Waals surface area contributed by atoms with Gasteiger partial charge in [0.15, 0.2) is 0 Å².